The fourth-order valence-corrected chi connectivity index (χ4v) is 4.67. The number of aliphatic imine (C=N–C) groups is 1. The van der Waals surface area contributed by atoms with Crippen molar-refractivity contribution < 1.29 is 5.11 Å². The second kappa shape index (κ2) is 5.34. The van der Waals surface area contributed by atoms with Gasteiger partial charge in [-0.15, -0.1) is 0 Å². The normalized spacial score (nSPS) is 29.9. The molecule has 1 saturated carbocycles. The van der Waals surface area contributed by atoms with Gasteiger partial charge in [-0.3, -0.25) is 4.99 Å². The lowest BCUT2D eigenvalue weighted by Crippen LogP contribution is -2.49. The molecule has 2 heterocycles. The van der Waals surface area contributed by atoms with Gasteiger partial charge >= 0.3 is 0 Å². The maximum absolute atomic E-state index is 11.7. The predicted octanol–water partition coefficient (Wildman–Crippen LogP) is 4.10. The van der Waals surface area contributed by atoms with Gasteiger partial charge in [0.05, 0.1) is 0 Å². The Morgan fingerprint density at radius 1 is 1.17 bits per heavy atom. The Morgan fingerprint density at radius 3 is 2.70 bits per heavy atom. The van der Waals surface area contributed by atoms with E-state index >= 15 is 0 Å². The molecule has 1 unspecified atom stereocenters. The molecule has 0 aromatic heterocycles. The summed E-state index contributed by atoms with van der Waals surface area (Å²) in [4.78, 5) is 7.15. The Morgan fingerprint density at radius 2 is 1.91 bits per heavy atom. The molecule has 2 aliphatic heterocycles. The molecule has 0 radical (unpaired) electrons. The number of hydrogen-bond donors (Lipinski definition) is 1. The van der Waals surface area contributed by atoms with E-state index in [9.17, 15) is 5.11 Å². The predicted molar refractivity (Wildman–Crippen MR) is 95.0 cm³/mol. The Bertz CT molecular complexity index is 630. The Hall–Kier alpha value is -1.35. The third kappa shape index (κ3) is 2.50. The first-order chi connectivity index (χ1) is 11.0. The summed E-state index contributed by atoms with van der Waals surface area (Å²) in [6, 6.07) is 8.37. The van der Waals surface area contributed by atoms with Crippen LogP contribution in [0.3, 0.4) is 0 Å². The van der Waals surface area contributed by atoms with Crippen LogP contribution >= 0.6 is 0 Å². The van der Waals surface area contributed by atoms with Crippen molar-refractivity contribution in [1.82, 2.24) is 0 Å². The Kier molecular flexibility index (Phi) is 3.53. The molecule has 0 spiro atoms. The van der Waals surface area contributed by atoms with Crippen molar-refractivity contribution in [3.05, 3.63) is 29.8 Å². The second-order valence-electron chi connectivity index (χ2n) is 8.48. The molecule has 23 heavy (non-hydrogen) atoms. The summed E-state index contributed by atoms with van der Waals surface area (Å²) in [6.45, 7) is 6.26. The standard InChI is InChI=1S/C20H28N2O/c1-19(2)13-21-18-20(23,12-15-8-4-3-5-9-15)16-10-6-7-11-17(16)22(18)14-19/h6-7,10-11,15,23H,3-5,8-9,12-14H2,1-2H3. The number of hydrogen-bond acceptors (Lipinski definition) is 3. The lowest BCUT2D eigenvalue weighted by atomic mass is 9.78. The molecule has 4 rings (SSSR count). The summed E-state index contributed by atoms with van der Waals surface area (Å²) in [7, 11) is 0. The maximum atomic E-state index is 11.7. The number of rotatable bonds is 2. The summed E-state index contributed by atoms with van der Waals surface area (Å²) in [5.74, 6) is 1.53. The first kappa shape index (κ1) is 15.2. The van der Waals surface area contributed by atoms with Crippen molar-refractivity contribution >= 4 is 11.5 Å². The van der Waals surface area contributed by atoms with Crippen LogP contribution in [-0.2, 0) is 5.60 Å². The molecule has 1 aromatic rings. The fraction of sp³-hybridized carbons (Fsp3) is 0.650. The highest BCUT2D eigenvalue weighted by molar-refractivity contribution is 6.10. The minimum absolute atomic E-state index is 0.159. The van der Waals surface area contributed by atoms with Crippen LogP contribution in [0.4, 0.5) is 5.69 Å². The van der Waals surface area contributed by atoms with E-state index in [-0.39, 0.29) is 5.41 Å². The van der Waals surface area contributed by atoms with Gasteiger partial charge in [0, 0.05) is 29.8 Å². The fourth-order valence-electron chi connectivity index (χ4n) is 4.67. The van der Waals surface area contributed by atoms with E-state index in [0.29, 0.717) is 5.92 Å². The van der Waals surface area contributed by atoms with E-state index in [1.54, 1.807) is 0 Å². The van der Waals surface area contributed by atoms with E-state index < -0.39 is 5.60 Å². The Balaban J connectivity index is 1.74. The molecule has 3 nitrogen and oxygen atoms in total. The van der Waals surface area contributed by atoms with Crippen LogP contribution in [0.15, 0.2) is 29.3 Å². The number of nitrogens with zero attached hydrogens (tertiary/aromatic N) is 2. The van der Waals surface area contributed by atoms with E-state index in [1.165, 1.54) is 32.1 Å². The van der Waals surface area contributed by atoms with Gasteiger partial charge < -0.3 is 10.0 Å². The van der Waals surface area contributed by atoms with Crippen LogP contribution in [-0.4, -0.2) is 24.0 Å². The summed E-state index contributed by atoms with van der Waals surface area (Å²) in [5, 5.41) is 11.7. The molecule has 1 N–H and O–H groups in total. The quantitative estimate of drug-likeness (QED) is 0.892. The monoisotopic (exact) mass is 312 g/mol. The van der Waals surface area contributed by atoms with Gasteiger partial charge in [-0.2, -0.15) is 0 Å². The number of para-hydroxylation sites is 1. The van der Waals surface area contributed by atoms with Gasteiger partial charge in [-0.1, -0.05) is 64.2 Å². The molecule has 0 amide bonds. The topological polar surface area (TPSA) is 35.8 Å². The van der Waals surface area contributed by atoms with Crippen LogP contribution in [0.25, 0.3) is 0 Å². The molecule has 3 heteroatoms. The van der Waals surface area contributed by atoms with Crippen LogP contribution < -0.4 is 4.90 Å². The zero-order chi connectivity index (χ0) is 16.1. The average Bonchev–Trinajstić information content (AvgIpc) is 2.77. The molecule has 1 aliphatic carbocycles. The zero-order valence-corrected chi connectivity index (χ0v) is 14.4. The van der Waals surface area contributed by atoms with Crippen molar-refractivity contribution in [3.8, 4) is 0 Å². The third-order valence-corrected chi connectivity index (χ3v) is 5.82. The molecule has 1 atom stereocenters. The van der Waals surface area contributed by atoms with Crippen LogP contribution in [0.1, 0.15) is 57.9 Å². The van der Waals surface area contributed by atoms with Crippen molar-refractivity contribution in [3.63, 3.8) is 0 Å². The number of fused-ring (bicyclic) bond motifs is 3. The van der Waals surface area contributed by atoms with Crippen LogP contribution in [0.5, 0.6) is 0 Å². The summed E-state index contributed by atoms with van der Waals surface area (Å²) >= 11 is 0. The lowest BCUT2D eigenvalue weighted by Gasteiger charge is -2.39. The highest BCUT2D eigenvalue weighted by Crippen LogP contribution is 2.48. The molecule has 1 aromatic carbocycles. The number of aliphatic hydroxyl groups is 1. The second-order valence-corrected chi connectivity index (χ2v) is 8.48. The van der Waals surface area contributed by atoms with Crippen molar-refractivity contribution in [2.75, 3.05) is 18.0 Å². The van der Waals surface area contributed by atoms with Crippen LogP contribution in [0, 0.1) is 11.3 Å². The zero-order valence-electron chi connectivity index (χ0n) is 14.4. The maximum Gasteiger partial charge on any atom is 0.149 e. The minimum Gasteiger partial charge on any atom is -0.377 e. The molecule has 0 saturated heterocycles. The van der Waals surface area contributed by atoms with Gasteiger partial charge in [0.15, 0.2) is 0 Å². The summed E-state index contributed by atoms with van der Waals surface area (Å²) < 4.78 is 0. The molecular weight excluding hydrogens is 284 g/mol. The minimum atomic E-state index is -0.880. The largest absolute Gasteiger partial charge is 0.377 e. The molecule has 124 valence electrons. The highest BCUT2D eigenvalue weighted by atomic mass is 16.3. The van der Waals surface area contributed by atoms with E-state index in [4.69, 9.17) is 4.99 Å². The van der Waals surface area contributed by atoms with E-state index in [1.807, 2.05) is 0 Å². The summed E-state index contributed by atoms with van der Waals surface area (Å²) in [6.07, 6.45) is 7.32. The number of amidine groups is 1. The van der Waals surface area contributed by atoms with Gasteiger partial charge in [0.2, 0.25) is 0 Å². The summed E-state index contributed by atoms with van der Waals surface area (Å²) in [5.41, 5.74) is 1.52. The van der Waals surface area contributed by atoms with Gasteiger partial charge in [0.25, 0.3) is 0 Å². The lowest BCUT2D eigenvalue weighted by molar-refractivity contribution is 0.0740. The first-order valence-electron chi connectivity index (χ1n) is 9.14. The highest BCUT2D eigenvalue weighted by Gasteiger charge is 2.50. The van der Waals surface area contributed by atoms with E-state index in [2.05, 4.69) is 43.0 Å². The average molecular weight is 312 g/mol. The van der Waals surface area contributed by atoms with Gasteiger partial charge in [-0.25, -0.2) is 0 Å². The van der Waals surface area contributed by atoms with E-state index in [0.717, 1.165) is 36.6 Å². The van der Waals surface area contributed by atoms with Crippen molar-refractivity contribution in [1.29, 1.82) is 0 Å². The third-order valence-electron chi connectivity index (χ3n) is 5.82. The number of benzene rings is 1. The van der Waals surface area contributed by atoms with Crippen molar-refractivity contribution in [2.24, 2.45) is 16.3 Å². The SMILES string of the molecule is CC1(C)CN=C2N(C1)c1ccccc1C2(O)CC1CCCCC1. The number of anilines is 1. The van der Waals surface area contributed by atoms with Gasteiger partial charge in [0.1, 0.15) is 11.4 Å². The molecular formula is C20H28N2O. The smallest absolute Gasteiger partial charge is 0.149 e. The van der Waals surface area contributed by atoms with Crippen LogP contribution in [0.2, 0.25) is 0 Å². The first-order valence-corrected chi connectivity index (χ1v) is 9.14. The van der Waals surface area contributed by atoms with Crippen molar-refractivity contribution in [2.45, 2.75) is 58.0 Å². The van der Waals surface area contributed by atoms with Gasteiger partial charge in [-0.05, 0) is 18.4 Å². The molecule has 0 bridgehead atoms. The molecule has 3 aliphatic rings. The Labute approximate surface area is 139 Å². The molecule has 1 fully saturated rings.